The lowest BCUT2D eigenvalue weighted by Gasteiger charge is -2.02. The molecule has 20 heavy (non-hydrogen) atoms. The number of rotatable bonds is 3. The Morgan fingerprint density at radius 1 is 1.15 bits per heavy atom. The standard InChI is InChI=1S/C13H10N6O/c14-5-6-15-12-4-3-9(18-19-12)8-1-2-10-11(7-8)17-13(20)16-10/h1-4,7H,6H2,(H,15,19)(H2,16,17,20). The first-order chi connectivity index (χ1) is 9.76. The minimum Gasteiger partial charge on any atom is -0.356 e. The number of aromatic nitrogens is 4. The van der Waals surface area contributed by atoms with E-state index in [1.807, 2.05) is 24.3 Å². The van der Waals surface area contributed by atoms with Crippen LogP contribution in [0.2, 0.25) is 0 Å². The van der Waals surface area contributed by atoms with Crippen LogP contribution in [0.4, 0.5) is 5.82 Å². The second-order valence-corrected chi connectivity index (χ2v) is 4.15. The van der Waals surface area contributed by atoms with Crippen LogP contribution in [-0.4, -0.2) is 26.7 Å². The lowest BCUT2D eigenvalue weighted by atomic mass is 10.1. The van der Waals surface area contributed by atoms with E-state index in [2.05, 4.69) is 25.5 Å². The molecule has 0 aliphatic rings. The van der Waals surface area contributed by atoms with E-state index in [0.717, 1.165) is 16.6 Å². The zero-order valence-electron chi connectivity index (χ0n) is 10.3. The van der Waals surface area contributed by atoms with Crippen LogP contribution in [-0.2, 0) is 0 Å². The number of nitrogens with one attached hydrogen (secondary N) is 3. The topological polar surface area (TPSA) is 110 Å². The summed E-state index contributed by atoms with van der Waals surface area (Å²) in [6, 6.07) is 11.0. The van der Waals surface area contributed by atoms with Crippen molar-refractivity contribution in [1.29, 1.82) is 5.26 Å². The van der Waals surface area contributed by atoms with Gasteiger partial charge in [-0.3, -0.25) is 0 Å². The van der Waals surface area contributed by atoms with Gasteiger partial charge in [0, 0.05) is 5.56 Å². The van der Waals surface area contributed by atoms with E-state index in [0.29, 0.717) is 11.5 Å². The normalized spacial score (nSPS) is 10.3. The van der Waals surface area contributed by atoms with Crippen LogP contribution in [0, 0.1) is 11.3 Å². The molecule has 0 fully saturated rings. The van der Waals surface area contributed by atoms with E-state index >= 15 is 0 Å². The lowest BCUT2D eigenvalue weighted by molar-refractivity contribution is 1.03. The van der Waals surface area contributed by atoms with Gasteiger partial charge in [0.2, 0.25) is 0 Å². The number of benzene rings is 1. The zero-order chi connectivity index (χ0) is 13.9. The highest BCUT2D eigenvalue weighted by Gasteiger charge is 2.04. The minimum atomic E-state index is -0.237. The highest BCUT2D eigenvalue weighted by Crippen LogP contribution is 2.20. The van der Waals surface area contributed by atoms with E-state index in [1.54, 1.807) is 12.1 Å². The van der Waals surface area contributed by atoms with Crippen LogP contribution in [0.3, 0.4) is 0 Å². The molecule has 7 heteroatoms. The number of anilines is 1. The molecule has 0 aliphatic carbocycles. The molecule has 0 aliphatic heterocycles. The minimum absolute atomic E-state index is 0.185. The van der Waals surface area contributed by atoms with Crippen LogP contribution in [0.5, 0.6) is 0 Å². The number of nitriles is 1. The fourth-order valence-electron chi connectivity index (χ4n) is 1.90. The summed E-state index contributed by atoms with van der Waals surface area (Å²) in [5.41, 5.74) is 2.78. The molecule has 7 nitrogen and oxygen atoms in total. The molecule has 0 spiro atoms. The Hall–Kier alpha value is -3.14. The van der Waals surface area contributed by atoms with Crippen LogP contribution >= 0.6 is 0 Å². The van der Waals surface area contributed by atoms with Crippen molar-refractivity contribution in [2.75, 3.05) is 11.9 Å². The molecule has 0 amide bonds. The molecule has 0 bridgehead atoms. The quantitative estimate of drug-likeness (QED) is 0.618. The van der Waals surface area contributed by atoms with Gasteiger partial charge in [-0.2, -0.15) is 5.26 Å². The van der Waals surface area contributed by atoms with E-state index in [1.165, 1.54) is 0 Å². The molecule has 3 rings (SSSR count). The molecular weight excluding hydrogens is 256 g/mol. The molecule has 0 saturated carbocycles. The molecule has 2 heterocycles. The Kier molecular flexibility index (Phi) is 2.89. The van der Waals surface area contributed by atoms with Crippen molar-refractivity contribution >= 4 is 16.9 Å². The first-order valence-electron chi connectivity index (χ1n) is 5.93. The molecule has 2 aromatic heterocycles. The highest BCUT2D eigenvalue weighted by atomic mass is 16.1. The Morgan fingerprint density at radius 2 is 2.00 bits per heavy atom. The van der Waals surface area contributed by atoms with Crippen molar-refractivity contribution in [3.8, 4) is 17.3 Å². The van der Waals surface area contributed by atoms with Crippen LogP contribution in [0.1, 0.15) is 0 Å². The first kappa shape index (κ1) is 11.9. The van der Waals surface area contributed by atoms with Gasteiger partial charge in [0.15, 0.2) is 0 Å². The van der Waals surface area contributed by atoms with Gasteiger partial charge in [-0.1, -0.05) is 6.07 Å². The maximum absolute atomic E-state index is 11.2. The Balaban J connectivity index is 1.94. The summed E-state index contributed by atoms with van der Waals surface area (Å²) in [6.07, 6.45) is 0. The van der Waals surface area contributed by atoms with E-state index in [4.69, 9.17) is 5.26 Å². The average Bonchev–Trinajstić information content (AvgIpc) is 2.84. The maximum atomic E-state index is 11.2. The molecule has 3 N–H and O–H groups in total. The Bertz CT molecular complexity index is 840. The van der Waals surface area contributed by atoms with E-state index in [-0.39, 0.29) is 12.2 Å². The summed E-state index contributed by atoms with van der Waals surface area (Å²) in [7, 11) is 0. The second kappa shape index (κ2) is 4.85. The van der Waals surface area contributed by atoms with Gasteiger partial charge >= 0.3 is 5.69 Å². The monoisotopic (exact) mass is 266 g/mol. The van der Waals surface area contributed by atoms with Crippen LogP contribution in [0.25, 0.3) is 22.3 Å². The van der Waals surface area contributed by atoms with Crippen molar-refractivity contribution in [2.45, 2.75) is 0 Å². The van der Waals surface area contributed by atoms with Gasteiger partial charge in [0.25, 0.3) is 0 Å². The highest BCUT2D eigenvalue weighted by molar-refractivity contribution is 5.80. The van der Waals surface area contributed by atoms with Crippen LogP contribution in [0.15, 0.2) is 35.1 Å². The third kappa shape index (κ3) is 2.22. The molecule has 0 atom stereocenters. The van der Waals surface area contributed by atoms with Gasteiger partial charge in [0.1, 0.15) is 12.4 Å². The summed E-state index contributed by atoms with van der Waals surface area (Å²) >= 11 is 0. The third-order valence-corrected chi connectivity index (χ3v) is 2.82. The van der Waals surface area contributed by atoms with Gasteiger partial charge in [-0.25, -0.2) is 4.79 Å². The zero-order valence-corrected chi connectivity index (χ0v) is 10.3. The predicted molar refractivity (Wildman–Crippen MR) is 74.0 cm³/mol. The molecule has 0 radical (unpaired) electrons. The van der Waals surface area contributed by atoms with Crippen molar-refractivity contribution in [3.05, 3.63) is 40.8 Å². The number of aromatic amines is 2. The summed E-state index contributed by atoms with van der Waals surface area (Å²) in [4.78, 5) is 16.6. The number of H-pyrrole nitrogens is 2. The fraction of sp³-hybridized carbons (Fsp3) is 0.0769. The van der Waals surface area contributed by atoms with Gasteiger partial charge in [0.05, 0.1) is 22.8 Å². The van der Waals surface area contributed by atoms with E-state index in [9.17, 15) is 4.79 Å². The van der Waals surface area contributed by atoms with Crippen molar-refractivity contribution in [2.24, 2.45) is 0 Å². The first-order valence-corrected chi connectivity index (χ1v) is 5.93. The molecule has 0 unspecified atom stereocenters. The predicted octanol–water partition coefficient (Wildman–Crippen LogP) is 1.25. The lowest BCUT2D eigenvalue weighted by Crippen LogP contribution is -2.01. The number of hydrogen-bond acceptors (Lipinski definition) is 5. The molecule has 0 saturated heterocycles. The van der Waals surface area contributed by atoms with Gasteiger partial charge < -0.3 is 15.3 Å². The second-order valence-electron chi connectivity index (χ2n) is 4.15. The number of imidazole rings is 1. The molecular formula is C13H10N6O. The van der Waals surface area contributed by atoms with Crippen LogP contribution < -0.4 is 11.0 Å². The summed E-state index contributed by atoms with van der Waals surface area (Å²) < 4.78 is 0. The molecule has 1 aromatic carbocycles. The van der Waals surface area contributed by atoms with E-state index < -0.39 is 0 Å². The number of hydrogen-bond donors (Lipinski definition) is 3. The van der Waals surface area contributed by atoms with Gasteiger partial charge in [-0.05, 0) is 24.3 Å². The third-order valence-electron chi connectivity index (χ3n) is 2.82. The molecule has 98 valence electrons. The summed E-state index contributed by atoms with van der Waals surface area (Å²) in [5.74, 6) is 0.548. The summed E-state index contributed by atoms with van der Waals surface area (Å²) in [6.45, 7) is 0.185. The average molecular weight is 266 g/mol. The Labute approximate surface area is 113 Å². The smallest absolute Gasteiger partial charge is 0.323 e. The Morgan fingerprint density at radius 3 is 2.75 bits per heavy atom. The van der Waals surface area contributed by atoms with Crippen molar-refractivity contribution in [1.82, 2.24) is 20.2 Å². The number of nitrogens with zero attached hydrogens (tertiary/aromatic N) is 3. The largest absolute Gasteiger partial charge is 0.356 e. The maximum Gasteiger partial charge on any atom is 0.323 e. The van der Waals surface area contributed by atoms with Crippen molar-refractivity contribution < 1.29 is 0 Å². The fourth-order valence-corrected chi connectivity index (χ4v) is 1.90. The molecule has 3 aromatic rings. The SMILES string of the molecule is N#CCNc1ccc(-c2ccc3[nH]c(=O)[nH]c3c2)nn1. The summed E-state index contributed by atoms with van der Waals surface area (Å²) in [5, 5.41) is 19.4. The number of fused-ring (bicyclic) bond motifs is 1. The van der Waals surface area contributed by atoms with Gasteiger partial charge in [-0.15, -0.1) is 10.2 Å². The van der Waals surface area contributed by atoms with Crippen molar-refractivity contribution in [3.63, 3.8) is 0 Å².